The second-order valence-electron chi connectivity index (χ2n) is 7.15. The Hall–Kier alpha value is -3.69. The summed E-state index contributed by atoms with van der Waals surface area (Å²) >= 11 is 2.85. The lowest BCUT2D eigenvalue weighted by Crippen LogP contribution is -2.09. The van der Waals surface area contributed by atoms with E-state index in [1.807, 2.05) is 49.4 Å². The van der Waals surface area contributed by atoms with Gasteiger partial charge in [-0.3, -0.25) is 15.1 Å². The van der Waals surface area contributed by atoms with Gasteiger partial charge in [0.25, 0.3) is 5.91 Å². The highest BCUT2D eigenvalue weighted by Gasteiger charge is 2.14. The number of nitrogens with one attached hydrogen (secondary N) is 1. The summed E-state index contributed by atoms with van der Waals surface area (Å²) in [5, 5.41) is 4.23. The monoisotopic (exact) mass is 477 g/mol. The number of aryl methyl sites for hydroxylation is 1. The molecule has 0 aliphatic rings. The molecule has 0 saturated heterocycles. The number of amides is 1. The van der Waals surface area contributed by atoms with Gasteiger partial charge in [0.15, 0.2) is 16.6 Å². The van der Waals surface area contributed by atoms with E-state index >= 15 is 0 Å². The first kappa shape index (κ1) is 21.2. The van der Waals surface area contributed by atoms with Crippen LogP contribution in [0.3, 0.4) is 0 Å². The van der Waals surface area contributed by atoms with Crippen LogP contribution in [0.2, 0.25) is 0 Å². The zero-order valence-corrected chi connectivity index (χ0v) is 19.7. The number of methoxy groups -OCH3 is 2. The van der Waals surface area contributed by atoms with Crippen molar-refractivity contribution in [2.75, 3.05) is 19.5 Å². The Morgan fingerprint density at radius 1 is 0.909 bits per heavy atom. The predicted octanol–water partition coefficient (Wildman–Crippen LogP) is 6.28. The van der Waals surface area contributed by atoms with Gasteiger partial charge >= 0.3 is 0 Å². The van der Waals surface area contributed by atoms with E-state index < -0.39 is 0 Å². The van der Waals surface area contributed by atoms with Gasteiger partial charge in [0.1, 0.15) is 11.5 Å². The summed E-state index contributed by atoms with van der Waals surface area (Å²) in [7, 11) is 3.18. The fourth-order valence-electron chi connectivity index (χ4n) is 3.40. The Balaban J connectivity index is 1.43. The number of hydrogen-bond donors (Lipinski definition) is 1. The van der Waals surface area contributed by atoms with Crippen molar-refractivity contribution in [1.29, 1.82) is 0 Å². The second kappa shape index (κ2) is 8.68. The van der Waals surface area contributed by atoms with Gasteiger partial charge < -0.3 is 14.2 Å². The number of nitrogens with zero attached hydrogens (tertiary/aromatic N) is 2. The second-order valence-corrected chi connectivity index (χ2v) is 9.47. The maximum Gasteiger partial charge on any atom is 0.267 e. The number of thiazole rings is 1. The van der Waals surface area contributed by atoms with Gasteiger partial charge in [0.2, 0.25) is 0 Å². The lowest BCUT2D eigenvalue weighted by Gasteiger charge is -2.12. The van der Waals surface area contributed by atoms with Crippen LogP contribution >= 0.6 is 22.7 Å². The standard InChI is InChI=1S/C24H19N3O4S2/c1-13-4-7-21(32-13)23(28)27-24-26-16-6-5-14(10-22(16)33-24)31-18-8-9-25-17-12-20(30-3)19(29-2)11-15(17)18/h4-12H,1-3H3,(H,26,27,28). The van der Waals surface area contributed by atoms with Gasteiger partial charge in [-0.2, -0.15) is 0 Å². The minimum absolute atomic E-state index is 0.156. The number of carbonyl (C=O) groups excluding carboxylic acids is 1. The number of pyridine rings is 1. The zero-order chi connectivity index (χ0) is 22.9. The van der Waals surface area contributed by atoms with Crippen LogP contribution in [0.4, 0.5) is 5.13 Å². The first-order chi connectivity index (χ1) is 16.0. The van der Waals surface area contributed by atoms with Crippen LogP contribution in [0, 0.1) is 6.92 Å². The smallest absolute Gasteiger partial charge is 0.267 e. The third-order valence-corrected chi connectivity index (χ3v) is 6.91. The molecule has 33 heavy (non-hydrogen) atoms. The quantitative estimate of drug-likeness (QED) is 0.310. The predicted molar refractivity (Wildman–Crippen MR) is 132 cm³/mol. The van der Waals surface area contributed by atoms with Crippen molar-refractivity contribution in [3.05, 3.63) is 64.5 Å². The summed E-state index contributed by atoms with van der Waals surface area (Å²) in [6, 6.07) is 14.8. The number of carbonyl (C=O) groups is 1. The first-order valence-corrected chi connectivity index (χ1v) is 11.6. The summed E-state index contributed by atoms with van der Waals surface area (Å²) in [5.74, 6) is 2.35. The molecule has 9 heteroatoms. The number of benzene rings is 2. The molecule has 7 nitrogen and oxygen atoms in total. The number of anilines is 1. The Bertz CT molecular complexity index is 1490. The van der Waals surface area contributed by atoms with Crippen molar-refractivity contribution in [2.24, 2.45) is 0 Å². The van der Waals surface area contributed by atoms with E-state index in [-0.39, 0.29) is 5.91 Å². The number of thiophene rings is 1. The summed E-state index contributed by atoms with van der Waals surface area (Å²) < 4.78 is 17.9. The third-order valence-electron chi connectivity index (χ3n) is 4.98. The first-order valence-electron chi connectivity index (χ1n) is 10.0. The molecule has 0 bridgehead atoms. The van der Waals surface area contributed by atoms with Crippen LogP contribution in [-0.2, 0) is 0 Å². The van der Waals surface area contributed by atoms with Gasteiger partial charge in [0.05, 0.1) is 34.8 Å². The minimum atomic E-state index is -0.156. The highest BCUT2D eigenvalue weighted by molar-refractivity contribution is 7.22. The van der Waals surface area contributed by atoms with Crippen molar-refractivity contribution in [2.45, 2.75) is 6.92 Å². The molecular weight excluding hydrogens is 458 g/mol. The van der Waals surface area contributed by atoms with Gasteiger partial charge in [-0.25, -0.2) is 4.98 Å². The number of rotatable bonds is 6. The van der Waals surface area contributed by atoms with E-state index in [4.69, 9.17) is 14.2 Å². The van der Waals surface area contributed by atoms with Crippen LogP contribution in [0.25, 0.3) is 21.1 Å². The molecule has 0 aliphatic carbocycles. The molecule has 3 aromatic heterocycles. The SMILES string of the molecule is COc1cc2nccc(Oc3ccc4nc(NC(=O)c5ccc(C)s5)sc4c3)c2cc1OC. The Labute approximate surface area is 197 Å². The topological polar surface area (TPSA) is 82.6 Å². The molecule has 0 radical (unpaired) electrons. The van der Waals surface area contributed by atoms with Crippen molar-refractivity contribution in [3.63, 3.8) is 0 Å². The van der Waals surface area contributed by atoms with Crippen LogP contribution < -0.4 is 19.5 Å². The van der Waals surface area contributed by atoms with Crippen LogP contribution in [0.5, 0.6) is 23.0 Å². The van der Waals surface area contributed by atoms with Gasteiger partial charge in [-0.05, 0) is 43.3 Å². The molecule has 5 rings (SSSR count). The average molecular weight is 478 g/mol. The lowest BCUT2D eigenvalue weighted by atomic mass is 10.2. The van der Waals surface area contributed by atoms with Gasteiger partial charge in [0, 0.05) is 28.6 Å². The number of hydrogen-bond acceptors (Lipinski definition) is 8. The normalized spacial score (nSPS) is 11.0. The minimum Gasteiger partial charge on any atom is -0.493 e. The lowest BCUT2D eigenvalue weighted by molar-refractivity contribution is 0.103. The number of fused-ring (bicyclic) bond motifs is 2. The molecule has 1 N–H and O–H groups in total. The summed E-state index contributed by atoms with van der Waals surface area (Å²) in [5.41, 5.74) is 1.52. The number of ether oxygens (including phenoxy) is 3. The Morgan fingerprint density at radius 3 is 2.48 bits per heavy atom. The van der Waals surface area contributed by atoms with Crippen molar-refractivity contribution >= 4 is 54.8 Å². The summed E-state index contributed by atoms with van der Waals surface area (Å²) in [6.45, 7) is 1.97. The van der Waals surface area contributed by atoms with Crippen molar-refractivity contribution < 1.29 is 19.0 Å². The fourth-order valence-corrected chi connectivity index (χ4v) is 5.05. The molecule has 0 spiro atoms. The maximum atomic E-state index is 12.5. The molecule has 0 unspecified atom stereocenters. The van der Waals surface area contributed by atoms with E-state index in [9.17, 15) is 4.79 Å². The Kier molecular flexibility index (Phi) is 5.57. The molecule has 1 amide bonds. The highest BCUT2D eigenvalue weighted by Crippen LogP contribution is 2.38. The zero-order valence-electron chi connectivity index (χ0n) is 18.0. The van der Waals surface area contributed by atoms with Gasteiger partial charge in [-0.1, -0.05) is 11.3 Å². The van der Waals surface area contributed by atoms with E-state index in [1.165, 1.54) is 22.7 Å². The average Bonchev–Trinajstić information content (AvgIpc) is 3.43. The molecular formula is C24H19N3O4S2. The largest absolute Gasteiger partial charge is 0.493 e. The molecule has 2 aromatic carbocycles. The molecule has 5 aromatic rings. The molecule has 0 aliphatic heterocycles. The maximum absolute atomic E-state index is 12.5. The summed E-state index contributed by atoms with van der Waals surface area (Å²) in [6.07, 6.45) is 1.69. The van der Waals surface area contributed by atoms with Crippen LogP contribution in [0.15, 0.2) is 54.7 Å². The highest BCUT2D eigenvalue weighted by atomic mass is 32.1. The summed E-state index contributed by atoms with van der Waals surface area (Å²) in [4.78, 5) is 23.1. The van der Waals surface area contributed by atoms with E-state index in [0.717, 1.165) is 26.0 Å². The van der Waals surface area contributed by atoms with Crippen molar-refractivity contribution in [1.82, 2.24) is 9.97 Å². The molecule has 166 valence electrons. The fraction of sp³-hybridized carbons (Fsp3) is 0.125. The molecule has 0 fully saturated rings. The van der Waals surface area contributed by atoms with Crippen LogP contribution in [0.1, 0.15) is 14.5 Å². The van der Waals surface area contributed by atoms with E-state index in [0.29, 0.717) is 33.0 Å². The Morgan fingerprint density at radius 2 is 1.73 bits per heavy atom. The van der Waals surface area contributed by atoms with E-state index in [1.54, 1.807) is 26.5 Å². The number of aromatic nitrogens is 2. The van der Waals surface area contributed by atoms with Gasteiger partial charge in [-0.15, -0.1) is 11.3 Å². The van der Waals surface area contributed by atoms with Crippen LogP contribution in [-0.4, -0.2) is 30.1 Å². The molecule has 0 atom stereocenters. The van der Waals surface area contributed by atoms with Crippen molar-refractivity contribution in [3.8, 4) is 23.0 Å². The molecule has 0 saturated carbocycles. The third kappa shape index (κ3) is 4.20. The molecule has 3 heterocycles. The van der Waals surface area contributed by atoms with E-state index in [2.05, 4.69) is 15.3 Å².